The molecule has 0 bridgehead atoms. The van der Waals surface area contributed by atoms with Gasteiger partial charge in [-0.05, 0) is 22.0 Å². The number of hydrogen-bond acceptors (Lipinski definition) is 4. The van der Waals surface area contributed by atoms with Gasteiger partial charge in [0.05, 0.1) is 0 Å². The monoisotopic (exact) mass is 321 g/mol. The summed E-state index contributed by atoms with van der Waals surface area (Å²) < 4.78 is 1.07. The van der Waals surface area contributed by atoms with Gasteiger partial charge in [-0.3, -0.25) is 9.69 Å². The Morgan fingerprint density at radius 3 is 3.12 bits per heavy atom. The van der Waals surface area contributed by atoms with Crippen LogP contribution in [0.3, 0.4) is 0 Å². The van der Waals surface area contributed by atoms with Gasteiger partial charge in [0, 0.05) is 39.3 Å². The highest BCUT2D eigenvalue weighted by atomic mass is 79.9. The number of halogens is 1. The second kappa shape index (κ2) is 5.53. The van der Waals surface area contributed by atoms with Crippen molar-refractivity contribution in [2.75, 3.05) is 18.1 Å². The van der Waals surface area contributed by atoms with Gasteiger partial charge in [-0.2, -0.15) is 11.8 Å². The molecule has 1 unspecified atom stereocenters. The van der Waals surface area contributed by atoms with Crippen LogP contribution in [0, 0.1) is 0 Å². The van der Waals surface area contributed by atoms with E-state index >= 15 is 0 Å². The van der Waals surface area contributed by atoms with E-state index in [4.69, 9.17) is 5.11 Å². The van der Waals surface area contributed by atoms with Crippen molar-refractivity contribution in [2.24, 2.45) is 0 Å². The third kappa shape index (κ3) is 3.00. The molecular weight excluding hydrogens is 310 g/mol. The highest BCUT2D eigenvalue weighted by Crippen LogP contribution is 2.24. The molecule has 1 atom stereocenters. The molecule has 3 nitrogen and oxygen atoms in total. The van der Waals surface area contributed by atoms with Crippen LogP contribution in [-0.2, 0) is 11.3 Å². The van der Waals surface area contributed by atoms with Crippen LogP contribution in [0.15, 0.2) is 15.9 Å². The smallest absolute Gasteiger partial charge is 0.321 e. The molecule has 1 aliphatic rings. The molecule has 0 aliphatic carbocycles. The van der Waals surface area contributed by atoms with E-state index in [0.29, 0.717) is 5.75 Å². The second-order valence-electron chi connectivity index (χ2n) is 3.63. The van der Waals surface area contributed by atoms with Crippen molar-refractivity contribution < 1.29 is 9.90 Å². The summed E-state index contributed by atoms with van der Waals surface area (Å²) in [5.41, 5.74) is 0. The Balaban J connectivity index is 2.03. The molecule has 0 aromatic carbocycles. The van der Waals surface area contributed by atoms with Crippen molar-refractivity contribution in [1.29, 1.82) is 0 Å². The minimum Gasteiger partial charge on any atom is -0.480 e. The molecule has 1 aliphatic heterocycles. The van der Waals surface area contributed by atoms with Crippen LogP contribution in [0.2, 0.25) is 0 Å². The molecule has 0 spiro atoms. The first-order valence-electron chi connectivity index (χ1n) is 4.94. The first-order valence-corrected chi connectivity index (χ1v) is 7.77. The van der Waals surface area contributed by atoms with Crippen LogP contribution < -0.4 is 0 Å². The van der Waals surface area contributed by atoms with E-state index in [1.54, 1.807) is 23.1 Å². The molecule has 1 aromatic rings. The lowest BCUT2D eigenvalue weighted by Gasteiger charge is -2.31. The molecule has 88 valence electrons. The number of rotatable bonds is 3. The Labute approximate surface area is 111 Å². The maximum atomic E-state index is 11.1. The van der Waals surface area contributed by atoms with Crippen LogP contribution in [0.5, 0.6) is 0 Å². The van der Waals surface area contributed by atoms with Crippen LogP contribution in [-0.4, -0.2) is 40.1 Å². The van der Waals surface area contributed by atoms with E-state index in [1.807, 2.05) is 5.38 Å². The Hall–Kier alpha value is -0.0400. The number of aliphatic carboxylic acids is 1. The number of carboxylic acids is 1. The van der Waals surface area contributed by atoms with Crippen LogP contribution in [0.1, 0.15) is 4.88 Å². The fourth-order valence-electron chi connectivity index (χ4n) is 1.69. The van der Waals surface area contributed by atoms with Crippen molar-refractivity contribution >= 4 is 45.0 Å². The second-order valence-corrected chi connectivity index (χ2v) is 6.69. The summed E-state index contributed by atoms with van der Waals surface area (Å²) in [7, 11) is 0. The van der Waals surface area contributed by atoms with E-state index in [-0.39, 0.29) is 6.04 Å². The Kier molecular flexibility index (Phi) is 4.29. The highest BCUT2D eigenvalue weighted by molar-refractivity contribution is 9.10. The molecule has 0 saturated carbocycles. The lowest BCUT2D eigenvalue weighted by molar-refractivity contribution is -0.142. The van der Waals surface area contributed by atoms with Crippen molar-refractivity contribution in [2.45, 2.75) is 12.6 Å². The van der Waals surface area contributed by atoms with Crippen molar-refractivity contribution in [3.8, 4) is 0 Å². The number of thioether (sulfide) groups is 1. The summed E-state index contributed by atoms with van der Waals surface area (Å²) in [5.74, 6) is 1.01. The Bertz CT molecular complexity index is 383. The zero-order valence-corrected chi connectivity index (χ0v) is 11.8. The maximum Gasteiger partial charge on any atom is 0.321 e. The minimum absolute atomic E-state index is 0.334. The van der Waals surface area contributed by atoms with E-state index in [0.717, 1.165) is 23.3 Å². The molecule has 2 rings (SSSR count). The predicted molar refractivity (Wildman–Crippen MR) is 71.2 cm³/mol. The zero-order chi connectivity index (χ0) is 11.5. The Morgan fingerprint density at radius 2 is 2.50 bits per heavy atom. The third-order valence-corrected chi connectivity index (χ3v) is 5.21. The average Bonchev–Trinajstić information content (AvgIpc) is 2.64. The minimum atomic E-state index is -0.706. The normalized spacial score (nSPS) is 22.2. The van der Waals surface area contributed by atoms with Gasteiger partial charge < -0.3 is 5.11 Å². The van der Waals surface area contributed by atoms with Gasteiger partial charge in [-0.1, -0.05) is 0 Å². The number of carbonyl (C=O) groups is 1. The highest BCUT2D eigenvalue weighted by Gasteiger charge is 2.28. The fourth-order valence-corrected chi connectivity index (χ4v) is 4.27. The predicted octanol–water partition coefficient (Wildman–Crippen LogP) is 2.51. The van der Waals surface area contributed by atoms with Crippen molar-refractivity contribution in [3.63, 3.8) is 0 Å². The molecule has 1 saturated heterocycles. The summed E-state index contributed by atoms with van der Waals surface area (Å²) in [6.07, 6.45) is 0. The van der Waals surface area contributed by atoms with Gasteiger partial charge in [-0.25, -0.2) is 0 Å². The quantitative estimate of drug-likeness (QED) is 0.928. The summed E-state index contributed by atoms with van der Waals surface area (Å²) in [6.45, 7) is 1.60. The topological polar surface area (TPSA) is 40.5 Å². The van der Waals surface area contributed by atoms with Gasteiger partial charge in [0.15, 0.2) is 0 Å². The molecule has 0 amide bonds. The van der Waals surface area contributed by atoms with Gasteiger partial charge in [0.25, 0.3) is 0 Å². The molecule has 2 heterocycles. The first-order chi connectivity index (χ1) is 7.66. The van der Waals surface area contributed by atoms with Crippen molar-refractivity contribution in [1.82, 2.24) is 4.90 Å². The number of carboxylic acid groups (broad SMARTS) is 1. The molecular formula is C10H12BrNO2S2. The summed E-state index contributed by atoms with van der Waals surface area (Å²) in [6, 6.07) is 1.73. The standard InChI is InChI=1S/C10H12BrNO2S2/c11-7-3-8(16-5-7)4-12-1-2-15-6-9(12)10(13)14/h3,5,9H,1-2,4,6H2,(H,13,14). The van der Waals surface area contributed by atoms with Crippen LogP contribution in [0.4, 0.5) is 0 Å². The largest absolute Gasteiger partial charge is 0.480 e. The van der Waals surface area contributed by atoms with E-state index in [9.17, 15) is 4.79 Å². The molecule has 1 N–H and O–H groups in total. The lowest BCUT2D eigenvalue weighted by atomic mass is 10.2. The van der Waals surface area contributed by atoms with Gasteiger partial charge in [0.2, 0.25) is 0 Å². The van der Waals surface area contributed by atoms with Crippen LogP contribution in [0.25, 0.3) is 0 Å². The fraction of sp³-hybridized carbons (Fsp3) is 0.500. The SMILES string of the molecule is O=C(O)C1CSCCN1Cc1cc(Br)cs1. The maximum absolute atomic E-state index is 11.1. The zero-order valence-electron chi connectivity index (χ0n) is 8.56. The number of thiophene rings is 1. The third-order valence-electron chi connectivity index (χ3n) is 2.51. The molecule has 0 radical (unpaired) electrons. The average molecular weight is 322 g/mol. The van der Waals surface area contributed by atoms with E-state index in [2.05, 4.69) is 26.9 Å². The molecule has 1 aromatic heterocycles. The molecule has 1 fully saturated rings. The molecule has 16 heavy (non-hydrogen) atoms. The van der Waals surface area contributed by atoms with Gasteiger partial charge >= 0.3 is 5.97 Å². The summed E-state index contributed by atoms with van der Waals surface area (Å²) in [4.78, 5) is 14.4. The lowest BCUT2D eigenvalue weighted by Crippen LogP contribution is -2.46. The van der Waals surface area contributed by atoms with E-state index in [1.165, 1.54) is 4.88 Å². The molecule has 6 heteroatoms. The Morgan fingerprint density at radius 1 is 1.69 bits per heavy atom. The van der Waals surface area contributed by atoms with Gasteiger partial charge in [0.1, 0.15) is 6.04 Å². The summed E-state index contributed by atoms with van der Waals surface area (Å²) in [5, 5.41) is 11.2. The van der Waals surface area contributed by atoms with E-state index < -0.39 is 5.97 Å². The number of hydrogen-bond donors (Lipinski definition) is 1. The van der Waals surface area contributed by atoms with Crippen molar-refractivity contribution in [3.05, 3.63) is 20.8 Å². The number of nitrogens with zero attached hydrogens (tertiary/aromatic N) is 1. The first kappa shape index (κ1) is 12.4. The van der Waals surface area contributed by atoms with Gasteiger partial charge in [-0.15, -0.1) is 11.3 Å². The summed E-state index contributed by atoms with van der Waals surface area (Å²) >= 11 is 6.80. The van der Waals surface area contributed by atoms with Crippen LogP contribution >= 0.6 is 39.0 Å².